The Morgan fingerprint density at radius 1 is 1.62 bits per heavy atom. The Balaban J connectivity index is 2.19. The first-order valence-electron chi connectivity index (χ1n) is 4.80. The summed E-state index contributed by atoms with van der Waals surface area (Å²) in [5.74, 6) is -0.0357. The zero-order valence-corrected chi connectivity index (χ0v) is 9.57. The van der Waals surface area contributed by atoms with Gasteiger partial charge in [0.25, 0.3) is 0 Å². The second-order valence-corrected chi connectivity index (χ2v) is 4.28. The molecule has 0 atom stereocenters. The number of thiazole rings is 1. The van der Waals surface area contributed by atoms with Crippen molar-refractivity contribution in [2.24, 2.45) is 7.05 Å². The summed E-state index contributed by atoms with van der Waals surface area (Å²) in [5, 5.41) is 11.4. The quantitative estimate of drug-likeness (QED) is 0.876. The maximum Gasteiger partial charge on any atom is 0.303 e. The Morgan fingerprint density at radius 3 is 3.06 bits per heavy atom. The van der Waals surface area contributed by atoms with E-state index in [1.807, 2.05) is 23.2 Å². The molecule has 0 amide bonds. The van der Waals surface area contributed by atoms with Gasteiger partial charge >= 0.3 is 5.97 Å². The molecular weight excluding hydrogens is 226 g/mol. The molecule has 0 bridgehead atoms. The van der Waals surface area contributed by atoms with E-state index in [2.05, 4.69) is 9.97 Å². The summed E-state index contributed by atoms with van der Waals surface area (Å²) < 4.78 is 1.85. The van der Waals surface area contributed by atoms with E-state index in [0.29, 0.717) is 6.42 Å². The van der Waals surface area contributed by atoms with Crippen LogP contribution in [0.1, 0.15) is 12.2 Å². The van der Waals surface area contributed by atoms with Crippen molar-refractivity contribution in [3.8, 4) is 10.7 Å². The van der Waals surface area contributed by atoms with Crippen molar-refractivity contribution in [3.05, 3.63) is 23.6 Å². The van der Waals surface area contributed by atoms with Crippen molar-refractivity contribution in [1.82, 2.24) is 14.5 Å². The third kappa shape index (κ3) is 2.27. The molecule has 2 aromatic rings. The van der Waals surface area contributed by atoms with Crippen LogP contribution < -0.4 is 0 Å². The average molecular weight is 237 g/mol. The maximum absolute atomic E-state index is 10.5. The largest absolute Gasteiger partial charge is 0.481 e. The molecule has 0 aliphatic rings. The number of carboxylic acids is 1. The minimum atomic E-state index is -0.807. The molecule has 0 aromatic carbocycles. The van der Waals surface area contributed by atoms with E-state index in [1.54, 1.807) is 6.20 Å². The molecule has 0 radical (unpaired) electrons. The zero-order chi connectivity index (χ0) is 11.5. The van der Waals surface area contributed by atoms with Crippen LogP contribution in [-0.4, -0.2) is 25.6 Å². The fraction of sp³-hybridized carbons (Fsp3) is 0.300. The predicted molar refractivity (Wildman–Crippen MR) is 60.3 cm³/mol. The molecule has 2 rings (SSSR count). The molecule has 5 nitrogen and oxygen atoms in total. The van der Waals surface area contributed by atoms with Crippen LogP contribution in [0.15, 0.2) is 17.8 Å². The van der Waals surface area contributed by atoms with Crippen molar-refractivity contribution >= 4 is 17.3 Å². The van der Waals surface area contributed by atoms with E-state index in [0.717, 1.165) is 16.5 Å². The second kappa shape index (κ2) is 4.44. The summed E-state index contributed by atoms with van der Waals surface area (Å²) in [6.07, 6.45) is 4.14. The van der Waals surface area contributed by atoms with Crippen LogP contribution in [0, 0.1) is 0 Å². The zero-order valence-electron chi connectivity index (χ0n) is 8.75. The normalized spacial score (nSPS) is 10.6. The molecule has 2 aromatic heterocycles. The SMILES string of the molecule is Cn1cc(-c2nccs2)nc1CCC(=O)O. The number of imidazole rings is 1. The van der Waals surface area contributed by atoms with Crippen LogP contribution in [0.4, 0.5) is 0 Å². The van der Waals surface area contributed by atoms with E-state index in [9.17, 15) is 4.79 Å². The van der Waals surface area contributed by atoms with Gasteiger partial charge in [-0.05, 0) is 0 Å². The Bertz CT molecular complexity index is 490. The van der Waals surface area contributed by atoms with E-state index in [-0.39, 0.29) is 6.42 Å². The number of carbonyl (C=O) groups is 1. The Hall–Kier alpha value is -1.69. The molecule has 0 saturated heterocycles. The van der Waals surface area contributed by atoms with Gasteiger partial charge in [-0.15, -0.1) is 11.3 Å². The Kier molecular flexibility index (Phi) is 3.00. The number of aliphatic carboxylic acids is 1. The number of nitrogens with zero attached hydrogens (tertiary/aromatic N) is 3. The van der Waals surface area contributed by atoms with Crippen molar-refractivity contribution in [2.75, 3.05) is 0 Å². The average Bonchev–Trinajstić information content (AvgIpc) is 2.83. The van der Waals surface area contributed by atoms with Crippen LogP contribution >= 0.6 is 11.3 Å². The Labute approximate surface area is 96.4 Å². The van der Waals surface area contributed by atoms with Crippen LogP contribution in [0.25, 0.3) is 10.7 Å². The van der Waals surface area contributed by atoms with E-state index >= 15 is 0 Å². The van der Waals surface area contributed by atoms with Crippen LogP contribution in [-0.2, 0) is 18.3 Å². The van der Waals surface area contributed by atoms with Gasteiger partial charge < -0.3 is 9.67 Å². The minimum Gasteiger partial charge on any atom is -0.481 e. The molecule has 0 fully saturated rings. The molecule has 1 N–H and O–H groups in total. The third-order valence-corrected chi connectivity index (χ3v) is 2.98. The summed E-state index contributed by atoms with van der Waals surface area (Å²) in [5.41, 5.74) is 0.804. The summed E-state index contributed by atoms with van der Waals surface area (Å²) in [6, 6.07) is 0. The smallest absolute Gasteiger partial charge is 0.303 e. The molecule has 2 heterocycles. The minimum absolute atomic E-state index is 0.0994. The topological polar surface area (TPSA) is 68.0 Å². The highest BCUT2D eigenvalue weighted by molar-refractivity contribution is 7.13. The molecule has 0 unspecified atom stereocenters. The number of aromatic nitrogens is 3. The van der Waals surface area contributed by atoms with Gasteiger partial charge in [0, 0.05) is 31.2 Å². The predicted octanol–water partition coefficient (Wildman–Crippen LogP) is 1.56. The first-order chi connectivity index (χ1) is 7.66. The monoisotopic (exact) mass is 237 g/mol. The lowest BCUT2D eigenvalue weighted by Crippen LogP contribution is -2.02. The number of hydrogen-bond acceptors (Lipinski definition) is 4. The van der Waals surface area contributed by atoms with Crippen LogP contribution in [0.2, 0.25) is 0 Å². The van der Waals surface area contributed by atoms with Gasteiger partial charge in [0.2, 0.25) is 0 Å². The summed E-state index contributed by atoms with van der Waals surface area (Å²) in [4.78, 5) is 19.0. The van der Waals surface area contributed by atoms with Crippen molar-refractivity contribution in [1.29, 1.82) is 0 Å². The molecule has 84 valence electrons. The molecule has 6 heteroatoms. The summed E-state index contributed by atoms with van der Waals surface area (Å²) in [7, 11) is 1.86. The maximum atomic E-state index is 10.5. The molecule has 0 aliphatic carbocycles. The van der Waals surface area contributed by atoms with Gasteiger partial charge in [0.15, 0.2) is 0 Å². The van der Waals surface area contributed by atoms with Gasteiger partial charge in [-0.25, -0.2) is 9.97 Å². The first kappa shape index (κ1) is 10.8. The summed E-state index contributed by atoms with van der Waals surface area (Å²) in [6.45, 7) is 0. The van der Waals surface area contributed by atoms with Gasteiger partial charge in [-0.3, -0.25) is 4.79 Å². The number of carboxylic acid groups (broad SMARTS) is 1. The molecule has 0 aliphatic heterocycles. The van der Waals surface area contributed by atoms with Crippen LogP contribution in [0.5, 0.6) is 0 Å². The Morgan fingerprint density at radius 2 is 2.44 bits per heavy atom. The van der Waals surface area contributed by atoms with Gasteiger partial charge in [-0.1, -0.05) is 0 Å². The lowest BCUT2D eigenvalue weighted by Gasteiger charge is -1.97. The molecular formula is C10H11N3O2S. The second-order valence-electron chi connectivity index (χ2n) is 3.38. The molecule has 16 heavy (non-hydrogen) atoms. The van der Waals surface area contributed by atoms with E-state index in [4.69, 9.17) is 5.11 Å². The fourth-order valence-electron chi connectivity index (χ4n) is 1.41. The van der Waals surface area contributed by atoms with E-state index in [1.165, 1.54) is 11.3 Å². The standard InChI is InChI=1S/C10H11N3O2S/c1-13-6-7(10-11-4-5-16-10)12-8(13)2-3-9(14)15/h4-6H,2-3H2,1H3,(H,14,15). The van der Waals surface area contributed by atoms with Crippen molar-refractivity contribution in [3.63, 3.8) is 0 Å². The highest BCUT2D eigenvalue weighted by atomic mass is 32.1. The number of rotatable bonds is 4. The highest BCUT2D eigenvalue weighted by Gasteiger charge is 2.10. The summed E-state index contributed by atoms with van der Waals surface area (Å²) >= 11 is 1.52. The fourth-order valence-corrected chi connectivity index (χ4v) is 2.00. The van der Waals surface area contributed by atoms with Gasteiger partial charge in [-0.2, -0.15) is 0 Å². The number of hydrogen-bond donors (Lipinski definition) is 1. The van der Waals surface area contributed by atoms with Crippen LogP contribution in [0.3, 0.4) is 0 Å². The lowest BCUT2D eigenvalue weighted by atomic mass is 10.3. The van der Waals surface area contributed by atoms with E-state index < -0.39 is 5.97 Å². The first-order valence-corrected chi connectivity index (χ1v) is 5.68. The molecule has 0 spiro atoms. The molecule has 0 saturated carbocycles. The van der Waals surface area contributed by atoms with Crippen molar-refractivity contribution < 1.29 is 9.90 Å². The third-order valence-electron chi connectivity index (χ3n) is 2.19. The van der Waals surface area contributed by atoms with Crippen molar-refractivity contribution in [2.45, 2.75) is 12.8 Å². The number of aryl methyl sites for hydroxylation is 2. The van der Waals surface area contributed by atoms with Gasteiger partial charge in [0.05, 0.1) is 6.42 Å². The van der Waals surface area contributed by atoms with Gasteiger partial charge in [0.1, 0.15) is 16.5 Å². The lowest BCUT2D eigenvalue weighted by molar-refractivity contribution is -0.137. The highest BCUT2D eigenvalue weighted by Crippen LogP contribution is 2.20.